The molecule has 8 heteroatoms. The molecule has 1 aromatic carbocycles. The number of hydrogen-bond donors (Lipinski definition) is 0. The molecule has 0 fully saturated rings. The number of aromatic nitrogens is 2. The zero-order valence-corrected chi connectivity index (χ0v) is 15.9. The number of benzene rings is 1. The lowest BCUT2D eigenvalue weighted by Crippen LogP contribution is -2.22. The molecule has 0 atom stereocenters. The number of imidazole rings is 1. The van der Waals surface area contributed by atoms with Crippen LogP contribution in [0, 0.1) is 0 Å². The van der Waals surface area contributed by atoms with Gasteiger partial charge in [0.15, 0.2) is 6.29 Å². The zero-order chi connectivity index (χ0) is 17.8. The summed E-state index contributed by atoms with van der Waals surface area (Å²) in [4.78, 5) is 15.1. The molecular formula is C16H22N2O4SSi. The van der Waals surface area contributed by atoms with E-state index in [-0.39, 0.29) is 22.5 Å². The number of ether oxygens (including phenoxy) is 1. The van der Waals surface area contributed by atoms with Crippen LogP contribution < -0.4 is 0 Å². The van der Waals surface area contributed by atoms with Crippen LogP contribution in [-0.4, -0.2) is 38.9 Å². The highest BCUT2D eigenvalue weighted by Gasteiger charge is 2.25. The van der Waals surface area contributed by atoms with Gasteiger partial charge < -0.3 is 4.74 Å². The van der Waals surface area contributed by atoms with E-state index in [9.17, 15) is 13.2 Å². The summed E-state index contributed by atoms with van der Waals surface area (Å²) in [6.45, 7) is 7.32. The molecule has 0 bridgehead atoms. The van der Waals surface area contributed by atoms with E-state index >= 15 is 0 Å². The second kappa shape index (κ2) is 7.41. The van der Waals surface area contributed by atoms with Gasteiger partial charge in [0.1, 0.15) is 12.4 Å². The second-order valence-electron chi connectivity index (χ2n) is 6.70. The first-order valence-corrected chi connectivity index (χ1v) is 12.8. The van der Waals surface area contributed by atoms with Crippen molar-refractivity contribution in [2.45, 2.75) is 42.5 Å². The quantitative estimate of drug-likeness (QED) is 0.408. The Morgan fingerprint density at radius 3 is 2.46 bits per heavy atom. The molecule has 2 rings (SSSR count). The van der Waals surface area contributed by atoms with E-state index in [4.69, 9.17) is 4.74 Å². The topological polar surface area (TPSA) is 78.3 Å². The Balaban J connectivity index is 2.24. The van der Waals surface area contributed by atoms with E-state index in [0.29, 0.717) is 12.9 Å². The molecule has 0 aliphatic carbocycles. The summed E-state index contributed by atoms with van der Waals surface area (Å²) in [5, 5.41) is -0.177. The van der Waals surface area contributed by atoms with Crippen molar-refractivity contribution in [3.8, 4) is 0 Å². The summed E-state index contributed by atoms with van der Waals surface area (Å²) >= 11 is 0. The number of nitrogens with zero attached hydrogens (tertiary/aromatic N) is 2. The van der Waals surface area contributed by atoms with Crippen molar-refractivity contribution in [2.24, 2.45) is 0 Å². The van der Waals surface area contributed by atoms with Crippen molar-refractivity contribution < 1.29 is 17.9 Å². The third kappa shape index (κ3) is 4.62. The average Bonchev–Trinajstić information content (AvgIpc) is 2.96. The van der Waals surface area contributed by atoms with Crippen molar-refractivity contribution in [1.82, 2.24) is 9.55 Å². The van der Waals surface area contributed by atoms with Gasteiger partial charge in [0.05, 0.1) is 4.90 Å². The Kier molecular flexibility index (Phi) is 5.73. The fourth-order valence-corrected chi connectivity index (χ4v) is 4.15. The van der Waals surface area contributed by atoms with Crippen LogP contribution in [0.3, 0.4) is 0 Å². The Morgan fingerprint density at radius 2 is 1.88 bits per heavy atom. The normalized spacial score (nSPS) is 12.3. The Morgan fingerprint density at radius 1 is 1.21 bits per heavy atom. The molecule has 0 amide bonds. The van der Waals surface area contributed by atoms with Crippen LogP contribution >= 0.6 is 0 Å². The highest BCUT2D eigenvalue weighted by molar-refractivity contribution is 7.91. The second-order valence-corrected chi connectivity index (χ2v) is 14.2. The van der Waals surface area contributed by atoms with Gasteiger partial charge in [-0.1, -0.05) is 37.8 Å². The first-order valence-electron chi connectivity index (χ1n) is 7.64. The van der Waals surface area contributed by atoms with Crippen molar-refractivity contribution in [3.63, 3.8) is 0 Å². The maximum Gasteiger partial charge on any atom is 0.240 e. The molecule has 0 saturated carbocycles. The van der Waals surface area contributed by atoms with Crippen LogP contribution in [0.1, 0.15) is 10.5 Å². The van der Waals surface area contributed by atoms with Gasteiger partial charge in [-0.05, 0) is 18.2 Å². The minimum Gasteiger partial charge on any atom is -0.361 e. The van der Waals surface area contributed by atoms with Crippen LogP contribution in [-0.2, 0) is 21.3 Å². The molecule has 1 aromatic heterocycles. The summed E-state index contributed by atoms with van der Waals surface area (Å²) in [5.41, 5.74) is 0.0679. The van der Waals surface area contributed by atoms with Gasteiger partial charge in [-0.2, -0.15) is 0 Å². The molecule has 0 spiro atoms. The standard InChI is InChI=1S/C16H22N2O4SSi/c1-24(2,3)10-9-22-13-18-11-14(12-19)17-16(18)23(20,21)15-7-5-4-6-8-15/h4-8,11-12H,9-10,13H2,1-3H3. The number of carbonyl (C=O) groups is 1. The summed E-state index contributed by atoms with van der Waals surface area (Å²) in [6, 6.07) is 9.00. The number of hydrogen-bond acceptors (Lipinski definition) is 5. The van der Waals surface area contributed by atoms with E-state index < -0.39 is 17.9 Å². The first-order chi connectivity index (χ1) is 11.2. The number of carbonyl (C=O) groups excluding carboxylic acids is 1. The molecular weight excluding hydrogens is 344 g/mol. The van der Waals surface area contributed by atoms with Crippen LogP contribution in [0.25, 0.3) is 0 Å². The molecule has 0 N–H and O–H groups in total. The summed E-state index contributed by atoms with van der Waals surface area (Å²) < 4.78 is 32.4. The number of aldehydes is 1. The maximum atomic E-state index is 12.7. The van der Waals surface area contributed by atoms with Gasteiger partial charge in [0.2, 0.25) is 15.0 Å². The third-order valence-corrected chi connectivity index (χ3v) is 6.80. The Bertz CT molecular complexity index is 795. The predicted octanol–water partition coefficient (Wildman–Crippen LogP) is 2.84. The molecule has 0 radical (unpaired) electrons. The average molecular weight is 367 g/mol. The Hall–Kier alpha value is -1.77. The zero-order valence-electron chi connectivity index (χ0n) is 14.1. The van der Waals surface area contributed by atoms with E-state index in [2.05, 4.69) is 24.6 Å². The van der Waals surface area contributed by atoms with Gasteiger partial charge in [0.25, 0.3) is 0 Å². The molecule has 24 heavy (non-hydrogen) atoms. The molecule has 1 heterocycles. The molecule has 130 valence electrons. The van der Waals surface area contributed by atoms with Gasteiger partial charge >= 0.3 is 0 Å². The van der Waals surface area contributed by atoms with Crippen molar-refractivity contribution in [1.29, 1.82) is 0 Å². The fourth-order valence-electron chi connectivity index (χ4n) is 2.03. The van der Waals surface area contributed by atoms with Crippen LogP contribution in [0.4, 0.5) is 0 Å². The predicted molar refractivity (Wildman–Crippen MR) is 93.6 cm³/mol. The number of sulfone groups is 1. The van der Waals surface area contributed by atoms with Crippen molar-refractivity contribution in [2.75, 3.05) is 6.61 Å². The van der Waals surface area contributed by atoms with Gasteiger partial charge in [-0.3, -0.25) is 9.36 Å². The minimum atomic E-state index is -3.80. The smallest absolute Gasteiger partial charge is 0.240 e. The summed E-state index contributed by atoms with van der Waals surface area (Å²) in [6.07, 6.45) is 1.93. The maximum absolute atomic E-state index is 12.7. The lowest BCUT2D eigenvalue weighted by molar-refractivity contribution is 0.0809. The number of rotatable bonds is 8. The third-order valence-electron chi connectivity index (χ3n) is 3.40. The molecule has 0 aliphatic heterocycles. The highest BCUT2D eigenvalue weighted by atomic mass is 32.2. The van der Waals surface area contributed by atoms with E-state index in [1.165, 1.54) is 22.9 Å². The molecule has 0 unspecified atom stereocenters. The lowest BCUT2D eigenvalue weighted by Gasteiger charge is -2.16. The fraction of sp³-hybridized carbons (Fsp3) is 0.375. The molecule has 0 aliphatic rings. The minimum absolute atomic E-state index is 0.0483. The highest BCUT2D eigenvalue weighted by Crippen LogP contribution is 2.20. The van der Waals surface area contributed by atoms with Crippen LogP contribution in [0.15, 0.2) is 46.6 Å². The molecule has 2 aromatic rings. The molecule has 0 saturated heterocycles. The first kappa shape index (κ1) is 18.6. The van der Waals surface area contributed by atoms with E-state index in [0.717, 1.165) is 6.04 Å². The van der Waals surface area contributed by atoms with Crippen molar-refractivity contribution >= 4 is 24.2 Å². The SMILES string of the molecule is C[Si](C)(C)CCOCn1cc(C=O)nc1S(=O)(=O)c1ccccc1. The summed E-state index contributed by atoms with van der Waals surface area (Å²) in [5.74, 6) is 0. The largest absolute Gasteiger partial charge is 0.361 e. The Labute approximate surface area is 143 Å². The van der Waals surface area contributed by atoms with Crippen molar-refractivity contribution in [3.05, 3.63) is 42.2 Å². The van der Waals surface area contributed by atoms with Gasteiger partial charge in [-0.25, -0.2) is 13.4 Å². The summed E-state index contributed by atoms with van der Waals surface area (Å²) in [7, 11) is -5.03. The lowest BCUT2D eigenvalue weighted by atomic mass is 10.4. The molecule has 6 nitrogen and oxygen atoms in total. The monoisotopic (exact) mass is 366 g/mol. The van der Waals surface area contributed by atoms with Gasteiger partial charge in [0, 0.05) is 20.9 Å². The van der Waals surface area contributed by atoms with E-state index in [1.54, 1.807) is 18.2 Å². The van der Waals surface area contributed by atoms with Gasteiger partial charge in [-0.15, -0.1) is 0 Å². The van der Waals surface area contributed by atoms with E-state index in [1.807, 2.05) is 0 Å². The van der Waals surface area contributed by atoms with Crippen LogP contribution in [0.2, 0.25) is 25.7 Å². The van der Waals surface area contributed by atoms with Crippen LogP contribution in [0.5, 0.6) is 0 Å².